The smallest absolute Gasteiger partial charge is 0.249 e. The molecule has 0 aromatic heterocycles. The number of hydrogen-bond acceptors (Lipinski definition) is 3. The van der Waals surface area contributed by atoms with Crippen molar-refractivity contribution < 1.29 is 14.6 Å². The lowest BCUT2D eigenvalue weighted by Gasteiger charge is -2.33. The summed E-state index contributed by atoms with van der Waals surface area (Å²) in [5, 5.41) is 10.9. The molecule has 4 nitrogen and oxygen atoms in total. The van der Waals surface area contributed by atoms with Crippen LogP contribution in [0.1, 0.15) is 60.0 Å². The number of carbonyl (C=O) groups is 1. The molecule has 3 rings (SSSR count). The van der Waals surface area contributed by atoms with E-state index in [9.17, 15) is 9.90 Å². The molecule has 1 fully saturated rings. The summed E-state index contributed by atoms with van der Waals surface area (Å²) in [6.07, 6.45) is 7.69. The lowest BCUT2D eigenvalue weighted by atomic mass is 9.82. The van der Waals surface area contributed by atoms with Crippen molar-refractivity contribution in [3.05, 3.63) is 41.0 Å². The molecule has 118 valence electrons. The summed E-state index contributed by atoms with van der Waals surface area (Å²) >= 11 is 0. The van der Waals surface area contributed by atoms with Crippen molar-refractivity contribution in [1.29, 1.82) is 0 Å². The molecule has 0 unspecified atom stereocenters. The summed E-state index contributed by atoms with van der Waals surface area (Å²) in [7, 11) is 0. The summed E-state index contributed by atoms with van der Waals surface area (Å²) in [5.74, 6) is -0.410. The molecule has 1 aliphatic carbocycles. The first-order valence-corrected chi connectivity index (χ1v) is 8.04. The summed E-state index contributed by atoms with van der Waals surface area (Å²) < 4.78 is 5.35. The Kier molecular flexibility index (Phi) is 4.32. The predicted molar refractivity (Wildman–Crippen MR) is 85.4 cm³/mol. The average molecular weight is 301 g/mol. The first-order valence-electron chi connectivity index (χ1n) is 8.04. The van der Waals surface area contributed by atoms with Crippen LogP contribution in [0.2, 0.25) is 0 Å². The zero-order chi connectivity index (χ0) is 15.6. The molecule has 4 heteroatoms. The van der Waals surface area contributed by atoms with Crippen LogP contribution in [-0.2, 0) is 10.3 Å². The minimum absolute atomic E-state index is 0.410. The van der Waals surface area contributed by atoms with Crippen LogP contribution in [0.3, 0.4) is 0 Å². The van der Waals surface area contributed by atoms with Crippen LogP contribution >= 0.6 is 0 Å². The van der Waals surface area contributed by atoms with E-state index in [1.54, 1.807) is 6.07 Å². The van der Waals surface area contributed by atoms with Gasteiger partial charge in [-0.15, -0.1) is 0 Å². The van der Waals surface area contributed by atoms with Crippen LogP contribution in [0.4, 0.5) is 0 Å². The van der Waals surface area contributed by atoms with Crippen molar-refractivity contribution in [2.75, 3.05) is 13.2 Å². The minimum atomic E-state index is -0.863. The number of ether oxygens (including phenoxy) is 1. The maximum atomic E-state index is 11.7. The largest absolute Gasteiger partial charge is 0.385 e. The predicted octanol–water partition coefficient (Wildman–Crippen LogP) is 2.74. The summed E-state index contributed by atoms with van der Waals surface area (Å²) in [6, 6.07) is 5.55. The van der Waals surface area contributed by atoms with E-state index in [4.69, 9.17) is 10.5 Å². The highest BCUT2D eigenvalue weighted by molar-refractivity contribution is 5.98. The molecule has 0 spiro atoms. The number of amides is 1. The fourth-order valence-corrected chi connectivity index (χ4v) is 3.39. The number of rotatable bonds is 3. The summed E-state index contributed by atoms with van der Waals surface area (Å²) in [5.41, 5.74) is 8.15. The van der Waals surface area contributed by atoms with Gasteiger partial charge >= 0.3 is 0 Å². The van der Waals surface area contributed by atoms with Crippen molar-refractivity contribution in [2.24, 2.45) is 5.73 Å². The Morgan fingerprint density at radius 1 is 1.23 bits per heavy atom. The van der Waals surface area contributed by atoms with Crippen LogP contribution in [0.5, 0.6) is 0 Å². The second kappa shape index (κ2) is 6.23. The lowest BCUT2D eigenvalue weighted by Crippen LogP contribution is -2.33. The Bertz CT molecular complexity index is 600. The fourth-order valence-electron chi connectivity index (χ4n) is 3.39. The van der Waals surface area contributed by atoms with E-state index in [0.717, 1.165) is 30.4 Å². The Morgan fingerprint density at radius 3 is 2.64 bits per heavy atom. The molecule has 0 saturated carbocycles. The molecule has 1 amide bonds. The third kappa shape index (κ3) is 2.94. The maximum Gasteiger partial charge on any atom is 0.249 e. The number of benzene rings is 1. The molecule has 1 aliphatic heterocycles. The van der Waals surface area contributed by atoms with Crippen LogP contribution < -0.4 is 5.73 Å². The molecule has 22 heavy (non-hydrogen) atoms. The quantitative estimate of drug-likeness (QED) is 0.901. The molecule has 1 saturated heterocycles. The third-order valence-electron chi connectivity index (χ3n) is 4.78. The van der Waals surface area contributed by atoms with Gasteiger partial charge in [0.25, 0.3) is 0 Å². The fraction of sp³-hybridized carbons (Fsp3) is 0.500. The average Bonchev–Trinajstić information content (AvgIpc) is 2.56. The molecule has 3 N–H and O–H groups in total. The minimum Gasteiger partial charge on any atom is -0.385 e. The van der Waals surface area contributed by atoms with Crippen molar-refractivity contribution in [3.63, 3.8) is 0 Å². The van der Waals surface area contributed by atoms with Gasteiger partial charge in [0.1, 0.15) is 0 Å². The van der Waals surface area contributed by atoms with E-state index >= 15 is 0 Å². The van der Waals surface area contributed by atoms with Crippen LogP contribution in [0.25, 0.3) is 5.57 Å². The van der Waals surface area contributed by atoms with Gasteiger partial charge in [-0.1, -0.05) is 12.1 Å². The van der Waals surface area contributed by atoms with Crippen LogP contribution in [0, 0.1) is 0 Å². The molecular weight excluding hydrogens is 278 g/mol. The van der Waals surface area contributed by atoms with Crippen LogP contribution in [-0.4, -0.2) is 24.2 Å². The van der Waals surface area contributed by atoms with Gasteiger partial charge in [0.05, 0.1) is 5.60 Å². The Morgan fingerprint density at radius 2 is 2.00 bits per heavy atom. The van der Waals surface area contributed by atoms with Gasteiger partial charge in [-0.25, -0.2) is 0 Å². The summed E-state index contributed by atoms with van der Waals surface area (Å²) in [4.78, 5) is 11.7. The number of carbonyl (C=O) groups excluding carboxylic acids is 1. The second-order valence-electron chi connectivity index (χ2n) is 6.24. The van der Waals surface area contributed by atoms with E-state index < -0.39 is 11.5 Å². The van der Waals surface area contributed by atoms with Gasteiger partial charge < -0.3 is 15.6 Å². The summed E-state index contributed by atoms with van der Waals surface area (Å²) in [6.45, 7) is 1.12. The Labute approximate surface area is 131 Å². The molecular formula is C18H23NO3. The Hall–Kier alpha value is -1.65. The number of hydrogen-bond donors (Lipinski definition) is 2. The van der Waals surface area contributed by atoms with Gasteiger partial charge in [-0.3, -0.25) is 4.79 Å². The van der Waals surface area contributed by atoms with Gasteiger partial charge in [0, 0.05) is 31.6 Å². The van der Waals surface area contributed by atoms with Gasteiger partial charge in [0.15, 0.2) is 0 Å². The first-order chi connectivity index (χ1) is 10.6. The Balaban J connectivity index is 2.03. The van der Waals surface area contributed by atoms with Crippen molar-refractivity contribution >= 4 is 11.5 Å². The first kappa shape index (κ1) is 15.3. The molecule has 1 aromatic rings. The van der Waals surface area contributed by atoms with E-state index in [1.807, 2.05) is 12.1 Å². The number of allylic oxidation sites excluding steroid dienone is 2. The maximum absolute atomic E-state index is 11.7. The SMILES string of the molecule is NC(=O)c1ccc(C2(O)CCOCC2)cc1C1=CCCCC1. The molecule has 0 bridgehead atoms. The number of nitrogens with two attached hydrogens (primary N) is 1. The molecule has 1 heterocycles. The number of aliphatic hydroxyl groups is 1. The zero-order valence-corrected chi connectivity index (χ0v) is 12.8. The second-order valence-corrected chi connectivity index (χ2v) is 6.24. The highest BCUT2D eigenvalue weighted by Crippen LogP contribution is 2.36. The van der Waals surface area contributed by atoms with Crippen molar-refractivity contribution in [1.82, 2.24) is 0 Å². The molecule has 1 aromatic carbocycles. The third-order valence-corrected chi connectivity index (χ3v) is 4.78. The lowest BCUT2D eigenvalue weighted by molar-refractivity contribution is -0.0679. The standard InChI is InChI=1S/C18H23NO3/c19-17(20)15-7-6-14(18(21)8-10-22-11-9-18)12-16(15)13-4-2-1-3-5-13/h4,6-7,12,21H,1-3,5,8-11H2,(H2,19,20). The zero-order valence-electron chi connectivity index (χ0n) is 12.8. The van der Waals surface area contributed by atoms with Gasteiger partial charge in [-0.2, -0.15) is 0 Å². The molecule has 0 atom stereocenters. The highest BCUT2D eigenvalue weighted by Gasteiger charge is 2.32. The van der Waals surface area contributed by atoms with Gasteiger partial charge in [0.2, 0.25) is 5.91 Å². The normalized spacial score (nSPS) is 21.2. The topological polar surface area (TPSA) is 72.6 Å². The van der Waals surface area contributed by atoms with E-state index in [1.165, 1.54) is 12.0 Å². The highest BCUT2D eigenvalue weighted by atomic mass is 16.5. The van der Waals surface area contributed by atoms with Gasteiger partial charge in [-0.05, 0) is 54.5 Å². The van der Waals surface area contributed by atoms with E-state index in [-0.39, 0.29) is 0 Å². The number of primary amides is 1. The molecule has 2 aliphatic rings. The molecule has 0 radical (unpaired) electrons. The monoisotopic (exact) mass is 301 g/mol. The van der Waals surface area contributed by atoms with Crippen molar-refractivity contribution in [2.45, 2.75) is 44.1 Å². The van der Waals surface area contributed by atoms with E-state index in [2.05, 4.69) is 6.08 Å². The van der Waals surface area contributed by atoms with Crippen molar-refractivity contribution in [3.8, 4) is 0 Å². The van der Waals surface area contributed by atoms with E-state index in [0.29, 0.717) is 31.6 Å². The van der Waals surface area contributed by atoms with Crippen LogP contribution in [0.15, 0.2) is 24.3 Å².